The van der Waals surface area contributed by atoms with Gasteiger partial charge in [-0.15, -0.1) is 0 Å². The van der Waals surface area contributed by atoms with Gasteiger partial charge in [-0.2, -0.15) is 15.0 Å². The third-order valence-corrected chi connectivity index (χ3v) is 4.03. The number of anilines is 3. The van der Waals surface area contributed by atoms with E-state index in [4.69, 9.17) is 9.84 Å². The van der Waals surface area contributed by atoms with Gasteiger partial charge in [-0.25, -0.2) is 4.39 Å². The van der Waals surface area contributed by atoms with E-state index in [2.05, 4.69) is 30.1 Å². The van der Waals surface area contributed by atoms with E-state index >= 15 is 0 Å². The summed E-state index contributed by atoms with van der Waals surface area (Å²) in [4.78, 5) is 17.2. The summed E-state index contributed by atoms with van der Waals surface area (Å²) in [5.41, 5.74) is 1.00. The number of benzene rings is 1. The maximum Gasteiger partial charge on any atom is 0.323 e. The summed E-state index contributed by atoms with van der Waals surface area (Å²) in [6.07, 6.45) is 0. The Morgan fingerprint density at radius 1 is 1.08 bits per heavy atom. The van der Waals surface area contributed by atoms with Crippen LogP contribution in [0.4, 0.5) is 22.0 Å². The molecule has 3 rings (SSSR count). The van der Waals surface area contributed by atoms with Crippen molar-refractivity contribution in [2.45, 2.75) is 6.92 Å². The Kier molecular flexibility index (Phi) is 6.00. The zero-order chi connectivity index (χ0) is 18.4. The second-order valence-corrected chi connectivity index (χ2v) is 5.78. The van der Waals surface area contributed by atoms with Crippen LogP contribution in [-0.4, -0.2) is 66.0 Å². The molecule has 2 N–H and O–H groups in total. The number of aliphatic hydroxyl groups is 1. The maximum absolute atomic E-state index is 13.1. The standard InChI is InChI=1S/C17H23FN6O2/c1-2-26-17-21-15(19-7-12-25)20-16(22-17)24-10-8-23(9-11-24)14-5-3-13(18)4-6-14/h3-6,25H,2,7-12H2,1H3,(H,19,20,21,22). The number of nitrogens with zero attached hydrogens (tertiary/aromatic N) is 5. The van der Waals surface area contributed by atoms with Gasteiger partial charge in [0, 0.05) is 38.4 Å². The topological polar surface area (TPSA) is 86.6 Å². The number of nitrogens with one attached hydrogen (secondary N) is 1. The maximum atomic E-state index is 13.1. The zero-order valence-corrected chi connectivity index (χ0v) is 14.7. The van der Waals surface area contributed by atoms with E-state index in [1.54, 1.807) is 12.1 Å². The summed E-state index contributed by atoms with van der Waals surface area (Å²) < 4.78 is 18.5. The van der Waals surface area contributed by atoms with E-state index in [1.807, 2.05) is 6.92 Å². The van der Waals surface area contributed by atoms with E-state index in [9.17, 15) is 4.39 Å². The molecule has 9 heteroatoms. The van der Waals surface area contributed by atoms with Gasteiger partial charge in [-0.05, 0) is 31.2 Å². The lowest BCUT2D eigenvalue weighted by molar-refractivity contribution is 0.307. The van der Waals surface area contributed by atoms with Crippen LogP contribution < -0.4 is 19.9 Å². The molecule has 0 radical (unpaired) electrons. The van der Waals surface area contributed by atoms with Crippen molar-refractivity contribution in [2.24, 2.45) is 0 Å². The molecule has 2 heterocycles. The van der Waals surface area contributed by atoms with Gasteiger partial charge in [0.2, 0.25) is 11.9 Å². The average Bonchev–Trinajstić information content (AvgIpc) is 2.67. The van der Waals surface area contributed by atoms with Crippen LogP contribution in [0.3, 0.4) is 0 Å². The summed E-state index contributed by atoms with van der Waals surface area (Å²) in [5.74, 6) is 0.694. The Hall–Kier alpha value is -2.68. The molecule has 0 bridgehead atoms. The predicted octanol–water partition coefficient (Wildman–Crippen LogP) is 1.14. The summed E-state index contributed by atoms with van der Waals surface area (Å²) in [6.45, 7) is 5.68. The van der Waals surface area contributed by atoms with Crippen LogP contribution in [-0.2, 0) is 0 Å². The van der Waals surface area contributed by atoms with Gasteiger partial charge < -0.3 is 25.0 Å². The fraction of sp³-hybridized carbons (Fsp3) is 0.471. The first-order valence-corrected chi connectivity index (χ1v) is 8.68. The first-order chi connectivity index (χ1) is 12.7. The van der Waals surface area contributed by atoms with Crippen LogP contribution >= 0.6 is 0 Å². The molecule has 1 aromatic heterocycles. The Balaban J connectivity index is 1.69. The number of ether oxygens (including phenoxy) is 1. The van der Waals surface area contributed by atoms with Crippen LogP contribution in [0.2, 0.25) is 0 Å². The van der Waals surface area contributed by atoms with E-state index in [0.29, 0.717) is 25.0 Å². The number of aromatic nitrogens is 3. The van der Waals surface area contributed by atoms with Crippen molar-refractivity contribution in [1.29, 1.82) is 0 Å². The molecule has 0 spiro atoms. The Morgan fingerprint density at radius 3 is 2.42 bits per heavy atom. The monoisotopic (exact) mass is 362 g/mol. The number of halogens is 1. The van der Waals surface area contributed by atoms with E-state index in [1.165, 1.54) is 12.1 Å². The van der Waals surface area contributed by atoms with Crippen LogP contribution in [0.15, 0.2) is 24.3 Å². The lowest BCUT2D eigenvalue weighted by Gasteiger charge is -2.36. The fourth-order valence-corrected chi connectivity index (χ4v) is 2.74. The predicted molar refractivity (Wildman–Crippen MR) is 97.4 cm³/mol. The SMILES string of the molecule is CCOc1nc(NCCO)nc(N2CCN(c3ccc(F)cc3)CC2)n1. The molecule has 26 heavy (non-hydrogen) atoms. The Bertz CT molecular complexity index is 707. The average molecular weight is 362 g/mol. The van der Waals surface area contributed by atoms with E-state index < -0.39 is 0 Å². The van der Waals surface area contributed by atoms with Crippen molar-refractivity contribution >= 4 is 17.6 Å². The molecule has 1 aliphatic rings. The minimum absolute atomic E-state index is 0.0126. The molecule has 1 aliphatic heterocycles. The second-order valence-electron chi connectivity index (χ2n) is 5.78. The summed E-state index contributed by atoms with van der Waals surface area (Å²) >= 11 is 0. The first-order valence-electron chi connectivity index (χ1n) is 8.68. The highest BCUT2D eigenvalue weighted by molar-refractivity contribution is 5.49. The molecule has 1 fully saturated rings. The quantitative estimate of drug-likeness (QED) is 0.758. The Morgan fingerprint density at radius 2 is 1.77 bits per heavy atom. The largest absolute Gasteiger partial charge is 0.464 e. The van der Waals surface area contributed by atoms with Crippen molar-refractivity contribution in [1.82, 2.24) is 15.0 Å². The third-order valence-electron chi connectivity index (χ3n) is 4.03. The molecular formula is C17H23FN6O2. The van der Waals surface area contributed by atoms with Crippen molar-refractivity contribution in [2.75, 3.05) is 61.1 Å². The molecule has 8 nitrogen and oxygen atoms in total. The Labute approximate surface area is 151 Å². The molecule has 2 aromatic rings. The highest BCUT2D eigenvalue weighted by Crippen LogP contribution is 2.20. The van der Waals surface area contributed by atoms with Gasteiger partial charge in [0.1, 0.15) is 5.82 Å². The van der Waals surface area contributed by atoms with Crippen LogP contribution in [0.25, 0.3) is 0 Å². The van der Waals surface area contributed by atoms with Crippen LogP contribution in [0.5, 0.6) is 6.01 Å². The normalized spacial score (nSPS) is 14.4. The van der Waals surface area contributed by atoms with Gasteiger partial charge in [0.15, 0.2) is 0 Å². The molecule has 0 saturated carbocycles. The highest BCUT2D eigenvalue weighted by atomic mass is 19.1. The van der Waals surface area contributed by atoms with Gasteiger partial charge >= 0.3 is 6.01 Å². The van der Waals surface area contributed by atoms with Crippen LogP contribution in [0.1, 0.15) is 6.92 Å². The lowest BCUT2D eigenvalue weighted by atomic mass is 10.2. The molecular weight excluding hydrogens is 339 g/mol. The van der Waals surface area contributed by atoms with Gasteiger partial charge in [-0.3, -0.25) is 0 Å². The number of piperazine rings is 1. The smallest absolute Gasteiger partial charge is 0.323 e. The third kappa shape index (κ3) is 4.48. The van der Waals surface area contributed by atoms with Crippen molar-refractivity contribution in [3.8, 4) is 6.01 Å². The molecule has 0 amide bonds. The highest BCUT2D eigenvalue weighted by Gasteiger charge is 2.21. The minimum atomic E-state index is -0.232. The number of aliphatic hydroxyl groups excluding tert-OH is 1. The molecule has 1 saturated heterocycles. The van der Waals surface area contributed by atoms with Gasteiger partial charge in [0.05, 0.1) is 13.2 Å². The molecule has 140 valence electrons. The van der Waals surface area contributed by atoms with Crippen LogP contribution in [0, 0.1) is 5.82 Å². The molecule has 0 aliphatic carbocycles. The minimum Gasteiger partial charge on any atom is -0.464 e. The number of rotatable bonds is 7. The zero-order valence-electron chi connectivity index (χ0n) is 14.7. The lowest BCUT2D eigenvalue weighted by Crippen LogP contribution is -2.47. The molecule has 0 atom stereocenters. The number of hydrogen-bond donors (Lipinski definition) is 2. The van der Waals surface area contributed by atoms with E-state index in [0.717, 1.165) is 31.9 Å². The van der Waals surface area contributed by atoms with Crippen molar-refractivity contribution < 1.29 is 14.2 Å². The summed E-state index contributed by atoms with van der Waals surface area (Å²) in [6, 6.07) is 6.79. The van der Waals surface area contributed by atoms with Gasteiger partial charge in [0.25, 0.3) is 0 Å². The number of hydrogen-bond acceptors (Lipinski definition) is 8. The van der Waals surface area contributed by atoms with E-state index in [-0.39, 0.29) is 18.4 Å². The van der Waals surface area contributed by atoms with Crippen molar-refractivity contribution in [3.05, 3.63) is 30.1 Å². The molecule has 1 aromatic carbocycles. The fourth-order valence-electron chi connectivity index (χ4n) is 2.74. The molecule has 0 unspecified atom stereocenters. The second kappa shape index (κ2) is 8.61. The van der Waals surface area contributed by atoms with Gasteiger partial charge in [-0.1, -0.05) is 0 Å². The van der Waals surface area contributed by atoms with Crippen molar-refractivity contribution in [3.63, 3.8) is 0 Å². The summed E-state index contributed by atoms with van der Waals surface area (Å²) in [7, 11) is 0. The first kappa shape index (κ1) is 18.1. The summed E-state index contributed by atoms with van der Waals surface area (Å²) in [5, 5.41) is 11.9.